The first-order chi connectivity index (χ1) is 12.2. The zero-order chi connectivity index (χ0) is 19.3. The Labute approximate surface area is 154 Å². The van der Waals surface area contributed by atoms with Crippen molar-refractivity contribution in [3.63, 3.8) is 0 Å². The number of rotatable bonds is 5. The van der Waals surface area contributed by atoms with E-state index in [1.54, 1.807) is 18.2 Å². The van der Waals surface area contributed by atoms with E-state index in [9.17, 15) is 22.8 Å². The van der Waals surface area contributed by atoms with Crippen molar-refractivity contribution in [2.75, 3.05) is 12.0 Å². The minimum Gasteiger partial charge on any atom is -0.462 e. The molecule has 26 heavy (non-hydrogen) atoms. The lowest BCUT2D eigenvalue weighted by Gasteiger charge is -2.13. The Morgan fingerprint density at radius 2 is 1.92 bits per heavy atom. The molecule has 2 N–H and O–H groups in total. The second-order valence-corrected chi connectivity index (χ2v) is 5.59. The Morgan fingerprint density at radius 1 is 1.23 bits per heavy atom. The van der Waals surface area contributed by atoms with Gasteiger partial charge in [0.2, 0.25) is 5.95 Å². The molecule has 2 rings (SSSR count). The lowest BCUT2D eigenvalue weighted by molar-refractivity contribution is -0.141. The molecule has 138 valence electrons. The number of aromatic nitrogens is 2. The molecule has 1 aromatic carbocycles. The van der Waals surface area contributed by atoms with E-state index in [1.807, 2.05) is 0 Å². The van der Waals surface area contributed by atoms with Crippen molar-refractivity contribution in [2.24, 2.45) is 0 Å². The van der Waals surface area contributed by atoms with Crippen LogP contribution < -0.4 is 10.9 Å². The largest absolute Gasteiger partial charge is 0.462 e. The topological polar surface area (TPSA) is 93.2 Å². The van der Waals surface area contributed by atoms with Crippen molar-refractivity contribution >= 4 is 33.8 Å². The number of alkyl halides is 3. The second kappa shape index (κ2) is 8.13. The highest BCUT2D eigenvalue weighted by Crippen LogP contribution is 2.31. The predicted molar refractivity (Wildman–Crippen MR) is 88.2 cm³/mol. The number of hydrogen-bond acceptors (Lipinski definition) is 6. The Hall–Kier alpha value is -2.69. The number of hydrazine groups is 1. The van der Waals surface area contributed by atoms with Gasteiger partial charge in [0.05, 0.1) is 12.2 Å². The summed E-state index contributed by atoms with van der Waals surface area (Å²) in [5.41, 5.74) is 2.33. The van der Waals surface area contributed by atoms with Crippen molar-refractivity contribution in [1.82, 2.24) is 15.4 Å². The molecule has 11 heteroatoms. The molecule has 1 amide bonds. The van der Waals surface area contributed by atoms with Crippen molar-refractivity contribution in [1.29, 1.82) is 0 Å². The number of benzene rings is 1. The molecule has 0 aliphatic rings. The van der Waals surface area contributed by atoms with Crippen LogP contribution in [0.5, 0.6) is 0 Å². The minimum atomic E-state index is -4.91. The first-order valence-electron chi connectivity index (χ1n) is 7.16. The molecular formula is C15H12BrF3N4O3. The van der Waals surface area contributed by atoms with Gasteiger partial charge in [0.25, 0.3) is 5.91 Å². The third-order valence-electron chi connectivity index (χ3n) is 2.96. The summed E-state index contributed by atoms with van der Waals surface area (Å²) in [5.74, 6) is -2.35. The van der Waals surface area contributed by atoms with E-state index in [0.717, 1.165) is 0 Å². The summed E-state index contributed by atoms with van der Waals surface area (Å²) in [6, 6.07) is 6.45. The van der Waals surface area contributed by atoms with Crippen LogP contribution in [0.4, 0.5) is 19.1 Å². The molecule has 0 radical (unpaired) electrons. The van der Waals surface area contributed by atoms with Crippen LogP contribution in [0.1, 0.15) is 33.3 Å². The van der Waals surface area contributed by atoms with Crippen molar-refractivity contribution in [3.05, 3.63) is 51.8 Å². The van der Waals surface area contributed by atoms with Gasteiger partial charge in [-0.1, -0.05) is 12.1 Å². The summed E-state index contributed by atoms with van der Waals surface area (Å²) in [5, 5.41) is 0. The molecular weight excluding hydrogens is 421 g/mol. The van der Waals surface area contributed by atoms with Gasteiger partial charge in [-0.2, -0.15) is 13.2 Å². The summed E-state index contributed by atoms with van der Waals surface area (Å²) in [6.45, 7) is 1.36. The van der Waals surface area contributed by atoms with Crippen LogP contribution in [-0.2, 0) is 10.9 Å². The van der Waals surface area contributed by atoms with Gasteiger partial charge in [0.1, 0.15) is 5.56 Å². The number of nitrogens with one attached hydrogen (secondary N) is 2. The van der Waals surface area contributed by atoms with E-state index in [-0.39, 0.29) is 12.2 Å². The number of nitrogens with zero attached hydrogens (tertiary/aromatic N) is 2. The van der Waals surface area contributed by atoms with Crippen LogP contribution >= 0.6 is 15.9 Å². The van der Waals surface area contributed by atoms with Gasteiger partial charge in [-0.05, 0) is 35.0 Å². The van der Waals surface area contributed by atoms with Crippen LogP contribution in [0.15, 0.2) is 34.9 Å². The summed E-state index contributed by atoms with van der Waals surface area (Å²) in [6.07, 6.45) is -4.23. The molecule has 7 nitrogen and oxygen atoms in total. The van der Waals surface area contributed by atoms with E-state index < -0.39 is 35.3 Å². The fourth-order valence-electron chi connectivity index (χ4n) is 1.84. The van der Waals surface area contributed by atoms with Gasteiger partial charge in [-0.15, -0.1) is 0 Å². The normalized spacial score (nSPS) is 11.0. The molecule has 0 saturated carbocycles. The fourth-order valence-corrected chi connectivity index (χ4v) is 2.31. The van der Waals surface area contributed by atoms with E-state index >= 15 is 0 Å². The number of amides is 1. The average Bonchev–Trinajstić information content (AvgIpc) is 2.59. The van der Waals surface area contributed by atoms with Gasteiger partial charge < -0.3 is 4.74 Å². The molecule has 0 atom stereocenters. The first-order valence-corrected chi connectivity index (χ1v) is 7.95. The summed E-state index contributed by atoms with van der Waals surface area (Å²) in [7, 11) is 0. The monoisotopic (exact) mass is 432 g/mol. The number of hydrogen-bond donors (Lipinski definition) is 2. The molecule has 0 unspecified atom stereocenters. The first kappa shape index (κ1) is 19.6. The smallest absolute Gasteiger partial charge is 0.434 e. The molecule has 1 heterocycles. The summed E-state index contributed by atoms with van der Waals surface area (Å²) in [4.78, 5) is 30.5. The standard InChI is InChI=1S/C15H12BrF3N4O3/c1-2-26-13(25)9-7-20-14(21-11(9)15(17,18)19)23-22-12(24)8-5-3-4-6-10(8)16/h3-7H,2H2,1H3,(H,22,24)(H,20,21,23). The molecule has 0 spiro atoms. The lowest BCUT2D eigenvalue weighted by atomic mass is 10.2. The van der Waals surface area contributed by atoms with Gasteiger partial charge in [0.15, 0.2) is 5.69 Å². The van der Waals surface area contributed by atoms with Crippen LogP contribution in [0.3, 0.4) is 0 Å². The maximum atomic E-state index is 13.1. The van der Waals surface area contributed by atoms with Gasteiger partial charge in [0, 0.05) is 10.7 Å². The van der Waals surface area contributed by atoms with Crippen LogP contribution in [-0.4, -0.2) is 28.5 Å². The summed E-state index contributed by atoms with van der Waals surface area (Å²) < 4.78 is 44.4. The maximum Gasteiger partial charge on any atom is 0.434 e. The van der Waals surface area contributed by atoms with Gasteiger partial charge in [-0.25, -0.2) is 14.8 Å². The van der Waals surface area contributed by atoms with Crippen molar-refractivity contribution < 1.29 is 27.5 Å². The van der Waals surface area contributed by atoms with E-state index in [1.165, 1.54) is 13.0 Å². The van der Waals surface area contributed by atoms with Gasteiger partial charge >= 0.3 is 12.1 Å². The average molecular weight is 433 g/mol. The SMILES string of the molecule is CCOC(=O)c1cnc(NNC(=O)c2ccccc2Br)nc1C(F)(F)F. The minimum absolute atomic E-state index is 0.0991. The fraction of sp³-hybridized carbons (Fsp3) is 0.200. The van der Waals surface area contributed by atoms with Crippen molar-refractivity contribution in [2.45, 2.75) is 13.1 Å². The highest BCUT2D eigenvalue weighted by molar-refractivity contribution is 9.10. The number of anilines is 1. The summed E-state index contributed by atoms with van der Waals surface area (Å²) >= 11 is 3.18. The van der Waals surface area contributed by atoms with Gasteiger partial charge in [-0.3, -0.25) is 15.6 Å². The highest BCUT2D eigenvalue weighted by Gasteiger charge is 2.38. The van der Waals surface area contributed by atoms with E-state index in [2.05, 4.69) is 41.5 Å². The third-order valence-corrected chi connectivity index (χ3v) is 3.65. The third kappa shape index (κ3) is 4.69. The number of carbonyl (C=O) groups is 2. The van der Waals surface area contributed by atoms with Crippen LogP contribution in [0.25, 0.3) is 0 Å². The van der Waals surface area contributed by atoms with Crippen LogP contribution in [0.2, 0.25) is 0 Å². The Balaban J connectivity index is 2.21. The molecule has 0 saturated heterocycles. The molecule has 0 bridgehead atoms. The zero-order valence-corrected chi connectivity index (χ0v) is 14.8. The Kier molecular flexibility index (Phi) is 6.14. The lowest BCUT2D eigenvalue weighted by Crippen LogP contribution is -2.31. The quantitative estimate of drug-likeness (QED) is 0.556. The maximum absolute atomic E-state index is 13.1. The van der Waals surface area contributed by atoms with E-state index in [0.29, 0.717) is 10.7 Å². The Bertz CT molecular complexity index is 830. The number of carbonyl (C=O) groups excluding carboxylic acids is 2. The number of halogens is 4. The van der Waals surface area contributed by atoms with E-state index in [4.69, 9.17) is 0 Å². The molecule has 1 aromatic heterocycles. The molecule has 2 aromatic rings. The molecule has 0 aliphatic heterocycles. The highest BCUT2D eigenvalue weighted by atomic mass is 79.9. The molecule has 0 fully saturated rings. The second-order valence-electron chi connectivity index (χ2n) is 4.73. The Morgan fingerprint density at radius 3 is 2.54 bits per heavy atom. The predicted octanol–water partition coefficient (Wildman–Crippen LogP) is 3.19. The zero-order valence-electron chi connectivity index (χ0n) is 13.2. The van der Waals surface area contributed by atoms with Crippen LogP contribution in [0, 0.1) is 0 Å². The number of ether oxygens (including phenoxy) is 1. The number of esters is 1. The molecule has 0 aliphatic carbocycles. The van der Waals surface area contributed by atoms with Crippen molar-refractivity contribution in [3.8, 4) is 0 Å².